The van der Waals surface area contributed by atoms with Gasteiger partial charge in [0.1, 0.15) is 0 Å². The van der Waals surface area contributed by atoms with Gasteiger partial charge in [0.05, 0.1) is 6.54 Å². The molecule has 0 spiro atoms. The van der Waals surface area contributed by atoms with Gasteiger partial charge in [-0.15, -0.1) is 0 Å². The molecular weight excluding hydrogens is 220 g/mol. The Morgan fingerprint density at radius 2 is 2.06 bits per heavy atom. The highest BCUT2D eigenvalue weighted by Crippen LogP contribution is 2.14. The van der Waals surface area contributed by atoms with Gasteiger partial charge < -0.3 is 15.5 Å². The highest BCUT2D eigenvalue weighted by molar-refractivity contribution is 5.77. The maximum Gasteiger partial charge on any atom is 0.337 e. The van der Waals surface area contributed by atoms with Gasteiger partial charge in [-0.3, -0.25) is 0 Å². The standard InChI is InChI=1S/C10H11F2NO3/c1-10(16,9(14)15)5-13-6-2-3-7(11)8(12)4-6/h2-4,13,16H,5H2,1H3,(H,14,15). The summed E-state index contributed by atoms with van der Waals surface area (Å²) < 4.78 is 25.3. The van der Waals surface area contributed by atoms with Gasteiger partial charge in [0.25, 0.3) is 0 Å². The highest BCUT2D eigenvalue weighted by Gasteiger charge is 2.29. The summed E-state index contributed by atoms with van der Waals surface area (Å²) in [7, 11) is 0. The van der Waals surface area contributed by atoms with Crippen molar-refractivity contribution < 1.29 is 23.8 Å². The molecular formula is C10H11F2NO3. The molecule has 1 unspecified atom stereocenters. The van der Waals surface area contributed by atoms with E-state index in [1.165, 1.54) is 6.07 Å². The summed E-state index contributed by atoms with van der Waals surface area (Å²) in [6.07, 6.45) is 0. The predicted molar refractivity (Wildman–Crippen MR) is 53.1 cm³/mol. The number of benzene rings is 1. The van der Waals surface area contributed by atoms with E-state index in [9.17, 15) is 18.7 Å². The second-order valence-electron chi connectivity index (χ2n) is 3.56. The van der Waals surface area contributed by atoms with Crippen molar-refractivity contribution in [2.45, 2.75) is 12.5 Å². The summed E-state index contributed by atoms with van der Waals surface area (Å²) >= 11 is 0. The summed E-state index contributed by atoms with van der Waals surface area (Å²) in [5.74, 6) is -3.43. The van der Waals surface area contributed by atoms with Gasteiger partial charge in [-0.25, -0.2) is 13.6 Å². The van der Waals surface area contributed by atoms with E-state index in [1.807, 2.05) is 0 Å². The first-order chi connectivity index (χ1) is 7.33. The molecule has 0 aromatic heterocycles. The van der Waals surface area contributed by atoms with Gasteiger partial charge in [-0.2, -0.15) is 0 Å². The number of aliphatic carboxylic acids is 1. The van der Waals surface area contributed by atoms with Crippen molar-refractivity contribution in [1.82, 2.24) is 0 Å². The third kappa shape index (κ3) is 2.90. The lowest BCUT2D eigenvalue weighted by Gasteiger charge is -2.19. The Morgan fingerprint density at radius 3 is 2.56 bits per heavy atom. The smallest absolute Gasteiger partial charge is 0.337 e. The van der Waals surface area contributed by atoms with Crippen LogP contribution in [0.25, 0.3) is 0 Å². The van der Waals surface area contributed by atoms with E-state index in [1.54, 1.807) is 0 Å². The average molecular weight is 231 g/mol. The molecule has 0 bridgehead atoms. The number of rotatable bonds is 4. The second kappa shape index (κ2) is 4.44. The number of aliphatic hydroxyl groups is 1. The van der Waals surface area contributed by atoms with Gasteiger partial charge in [0.15, 0.2) is 17.2 Å². The lowest BCUT2D eigenvalue weighted by molar-refractivity contribution is -0.155. The third-order valence-electron chi connectivity index (χ3n) is 2.02. The Morgan fingerprint density at radius 1 is 1.44 bits per heavy atom. The van der Waals surface area contributed by atoms with Crippen LogP contribution in [0.4, 0.5) is 14.5 Å². The molecule has 88 valence electrons. The molecule has 1 atom stereocenters. The Kier molecular flexibility index (Phi) is 3.44. The molecule has 6 heteroatoms. The first-order valence-corrected chi connectivity index (χ1v) is 4.47. The summed E-state index contributed by atoms with van der Waals surface area (Å²) in [5.41, 5.74) is -1.77. The SMILES string of the molecule is CC(O)(CNc1ccc(F)c(F)c1)C(=O)O. The molecule has 0 fully saturated rings. The molecule has 0 aliphatic heterocycles. The van der Waals surface area contributed by atoms with Gasteiger partial charge in [-0.1, -0.05) is 0 Å². The zero-order valence-electron chi connectivity index (χ0n) is 8.50. The Bertz CT molecular complexity index is 407. The number of halogens is 2. The van der Waals surface area contributed by atoms with E-state index in [4.69, 9.17) is 5.11 Å². The topological polar surface area (TPSA) is 69.6 Å². The van der Waals surface area contributed by atoms with Crippen LogP contribution < -0.4 is 5.32 Å². The van der Waals surface area contributed by atoms with Crippen molar-refractivity contribution in [2.24, 2.45) is 0 Å². The van der Waals surface area contributed by atoms with Gasteiger partial charge in [0.2, 0.25) is 0 Å². The molecule has 0 saturated heterocycles. The maximum absolute atomic E-state index is 12.8. The third-order valence-corrected chi connectivity index (χ3v) is 2.02. The van der Waals surface area contributed by atoms with Crippen LogP contribution in [0.15, 0.2) is 18.2 Å². The fourth-order valence-corrected chi connectivity index (χ4v) is 0.956. The van der Waals surface area contributed by atoms with Crippen LogP contribution in [0.3, 0.4) is 0 Å². The fourth-order valence-electron chi connectivity index (χ4n) is 0.956. The monoisotopic (exact) mass is 231 g/mol. The lowest BCUT2D eigenvalue weighted by Crippen LogP contribution is -2.41. The quantitative estimate of drug-likeness (QED) is 0.728. The molecule has 3 N–H and O–H groups in total. The molecule has 1 aromatic rings. The molecule has 16 heavy (non-hydrogen) atoms. The second-order valence-corrected chi connectivity index (χ2v) is 3.56. The summed E-state index contributed by atoms with van der Waals surface area (Å²) in [4.78, 5) is 10.5. The summed E-state index contributed by atoms with van der Waals surface area (Å²) in [5, 5.41) is 20.4. The fraction of sp³-hybridized carbons (Fsp3) is 0.300. The van der Waals surface area contributed by atoms with Crippen LogP contribution in [0.5, 0.6) is 0 Å². The summed E-state index contributed by atoms with van der Waals surface area (Å²) in [6, 6.07) is 3.04. The van der Waals surface area contributed by atoms with Crippen LogP contribution in [0, 0.1) is 11.6 Å². The Labute approximate surface area is 90.5 Å². The van der Waals surface area contributed by atoms with Crippen LogP contribution in [0.2, 0.25) is 0 Å². The van der Waals surface area contributed by atoms with Crippen LogP contribution >= 0.6 is 0 Å². The molecule has 0 amide bonds. The number of hydrogen-bond acceptors (Lipinski definition) is 3. The minimum Gasteiger partial charge on any atom is -0.479 e. The molecule has 0 radical (unpaired) electrons. The first-order valence-electron chi connectivity index (χ1n) is 4.47. The number of carbonyl (C=O) groups is 1. The molecule has 4 nitrogen and oxygen atoms in total. The van der Waals surface area contributed by atoms with Crippen molar-refractivity contribution in [3.05, 3.63) is 29.8 Å². The van der Waals surface area contributed by atoms with Gasteiger partial charge in [0, 0.05) is 11.8 Å². The van der Waals surface area contributed by atoms with Crippen molar-refractivity contribution >= 4 is 11.7 Å². The molecule has 1 rings (SSSR count). The summed E-state index contributed by atoms with van der Waals surface area (Å²) in [6.45, 7) is 0.787. The van der Waals surface area contributed by atoms with E-state index < -0.39 is 23.2 Å². The van der Waals surface area contributed by atoms with Crippen molar-refractivity contribution in [1.29, 1.82) is 0 Å². The first kappa shape index (κ1) is 12.4. The van der Waals surface area contributed by atoms with E-state index >= 15 is 0 Å². The molecule has 1 aromatic carbocycles. The van der Waals surface area contributed by atoms with E-state index in [-0.39, 0.29) is 12.2 Å². The zero-order valence-corrected chi connectivity index (χ0v) is 8.50. The normalized spacial score (nSPS) is 14.2. The lowest BCUT2D eigenvalue weighted by atomic mass is 10.1. The Hall–Kier alpha value is -1.69. The Balaban J connectivity index is 2.68. The van der Waals surface area contributed by atoms with Crippen LogP contribution in [0.1, 0.15) is 6.92 Å². The number of hydrogen-bond donors (Lipinski definition) is 3. The van der Waals surface area contributed by atoms with E-state index in [0.29, 0.717) is 0 Å². The number of carboxylic acid groups (broad SMARTS) is 1. The highest BCUT2D eigenvalue weighted by atomic mass is 19.2. The molecule has 0 heterocycles. The van der Waals surface area contributed by atoms with Crippen molar-refractivity contribution in [2.75, 3.05) is 11.9 Å². The molecule has 0 saturated carbocycles. The minimum atomic E-state index is -1.97. The molecule has 0 aliphatic carbocycles. The van der Waals surface area contributed by atoms with Gasteiger partial charge >= 0.3 is 5.97 Å². The minimum absolute atomic E-state index is 0.195. The van der Waals surface area contributed by atoms with E-state index in [2.05, 4.69) is 5.32 Å². The molecule has 0 aliphatic rings. The van der Waals surface area contributed by atoms with Crippen molar-refractivity contribution in [3.8, 4) is 0 Å². The number of nitrogens with one attached hydrogen (secondary N) is 1. The zero-order chi connectivity index (χ0) is 12.3. The van der Waals surface area contributed by atoms with Crippen LogP contribution in [-0.2, 0) is 4.79 Å². The maximum atomic E-state index is 12.8. The van der Waals surface area contributed by atoms with E-state index in [0.717, 1.165) is 19.1 Å². The van der Waals surface area contributed by atoms with Gasteiger partial charge in [-0.05, 0) is 19.1 Å². The largest absolute Gasteiger partial charge is 0.479 e. The predicted octanol–water partition coefficient (Wildman–Crippen LogP) is 1.21. The number of anilines is 1. The average Bonchev–Trinajstić information content (AvgIpc) is 2.20. The number of carboxylic acids is 1. The van der Waals surface area contributed by atoms with Crippen LogP contribution in [-0.4, -0.2) is 28.3 Å². The van der Waals surface area contributed by atoms with Crippen molar-refractivity contribution in [3.63, 3.8) is 0 Å².